The fourth-order valence-corrected chi connectivity index (χ4v) is 1.39. The second-order valence-corrected chi connectivity index (χ2v) is 3.58. The average Bonchev–Trinajstić information content (AvgIpc) is 2.28. The molecule has 0 aromatic carbocycles. The van der Waals surface area contributed by atoms with Crippen LogP contribution in [0.25, 0.3) is 0 Å². The van der Waals surface area contributed by atoms with Crippen LogP contribution in [0.1, 0.15) is 24.8 Å². The van der Waals surface area contributed by atoms with Gasteiger partial charge in [-0.15, -0.1) is 0 Å². The van der Waals surface area contributed by atoms with Crippen LogP contribution in [0.2, 0.25) is 0 Å². The minimum absolute atomic E-state index is 0.0732. The topological polar surface area (TPSA) is 117 Å². The molecule has 0 fully saturated rings. The Morgan fingerprint density at radius 3 is 2.88 bits per heavy atom. The fraction of sp³-hybridized carbons (Fsp3) is 0.300. The van der Waals surface area contributed by atoms with E-state index in [0.717, 1.165) is 5.56 Å². The molecule has 1 rings (SSSR count). The van der Waals surface area contributed by atoms with E-state index in [-0.39, 0.29) is 24.1 Å². The molecule has 5 N–H and O–H groups in total. The van der Waals surface area contributed by atoms with Gasteiger partial charge in [-0.25, -0.2) is 15.6 Å². The first-order valence-corrected chi connectivity index (χ1v) is 4.98. The van der Waals surface area contributed by atoms with Crippen molar-refractivity contribution < 1.29 is 14.7 Å². The first-order valence-electron chi connectivity index (χ1n) is 4.98. The lowest BCUT2D eigenvalue weighted by Crippen LogP contribution is -2.30. The lowest BCUT2D eigenvalue weighted by molar-refractivity contribution is -0.121. The van der Waals surface area contributed by atoms with Crippen molar-refractivity contribution >= 4 is 17.8 Å². The van der Waals surface area contributed by atoms with Crippen LogP contribution in [0.15, 0.2) is 18.3 Å². The molecule has 0 aliphatic heterocycles. The number of pyridine rings is 1. The molecule has 1 heterocycles. The second kappa shape index (κ2) is 5.80. The Balaban J connectivity index is 2.76. The van der Waals surface area contributed by atoms with Gasteiger partial charge in [0, 0.05) is 12.6 Å². The van der Waals surface area contributed by atoms with Crippen LogP contribution in [0.3, 0.4) is 0 Å². The number of carbonyl (C=O) groups excluding carboxylic acids is 1. The Labute approximate surface area is 98.0 Å². The molecule has 1 unspecified atom stereocenters. The molecule has 7 nitrogen and oxygen atoms in total. The number of hydrogen-bond acceptors (Lipinski definition) is 4. The van der Waals surface area contributed by atoms with E-state index in [2.05, 4.69) is 10.3 Å². The predicted molar refractivity (Wildman–Crippen MR) is 61.2 cm³/mol. The van der Waals surface area contributed by atoms with E-state index in [9.17, 15) is 9.59 Å². The molecule has 1 atom stereocenters. The molecule has 0 saturated heterocycles. The highest BCUT2D eigenvalue weighted by Gasteiger charge is 2.11. The maximum Gasteiger partial charge on any atom is 0.410 e. The van der Waals surface area contributed by atoms with Gasteiger partial charge in [0.2, 0.25) is 5.91 Å². The smallest absolute Gasteiger partial charge is 0.410 e. The average molecular weight is 238 g/mol. The summed E-state index contributed by atoms with van der Waals surface area (Å²) in [7, 11) is 0. The monoisotopic (exact) mass is 238 g/mol. The lowest BCUT2D eigenvalue weighted by atomic mass is 9.98. The highest BCUT2D eigenvalue weighted by molar-refractivity contribution is 5.81. The van der Waals surface area contributed by atoms with Crippen molar-refractivity contribution in [2.24, 2.45) is 5.84 Å². The molecule has 1 aromatic rings. The van der Waals surface area contributed by atoms with Crippen LogP contribution in [0.5, 0.6) is 0 Å². The minimum Gasteiger partial charge on any atom is -0.465 e. The first-order chi connectivity index (χ1) is 8.02. The Morgan fingerprint density at radius 1 is 1.59 bits per heavy atom. The van der Waals surface area contributed by atoms with Crippen molar-refractivity contribution in [2.75, 3.05) is 5.32 Å². The summed E-state index contributed by atoms with van der Waals surface area (Å²) in [6, 6.07) is 3.31. The number of nitrogens with one attached hydrogen (secondary N) is 2. The van der Waals surface area contributed by atoms with Gasteiger partial charge in [0.1, 0.15) is 5.82 Å². The molecule has 0 radical (unpaired) electrons. The maximum absolute atomic E-state index is 11.1. The van der Waals surface area contributed by atoms with Gasteiger partial charge in [-0.05, 0) is 23.6 Å². The largest absolute Gasteiger partial charge is 0.465 e. The van der Waals surface area contributed by atoms with Crippen molar-refractivity contribution in [3.05, 3.63) is 23.9 Å². The zero-order valence-corrected chi connectivity index (χ0v) is 9.30. The van der Waals surface area contributed by atoms with Crippen molar-refractivity contribution in [1.29, 1.82) is 0 Å². The molecule has 17 heavy (non-hydrogen) atoms. The molecule has 0 bridgehead atoms. The summed E-state index contributed by atoms with van der Waals surface area (Å²) >= 11 is 0. The van der Waals surface area contributed by atoms with Crippen LogP contribution >= 0.6 is 0 Å². The van der Waals surface area contributed by atoms with E-state index >= 15 is 0 Å². The van der Waals surface area contributed by atoms with E-state index in [1.54, 1.807) is 12.1 Å². The number of hydrogen-bond donors (Lipinski definition) is 4. The van der Waals surface area contributed by atoms with E-state index < -0.39 is 6.09 Å². The third-order valence-corrected chi connectivity index (χ3v) is 2.24. The number of rotatable bonds is 4. The van der Waals surface area contributed by atoms with Crippen molar-refractivity contribution in [3.63, 3.8) is 0 Å². The summed E-state index contributed by atoms with van der Waals surface area (Å²) in [6.45, 7) is 1.84. The lowest BCUT2D eigenvalue weighted by Gasteiger charge is -2.11. The standard InChI is InChI=1S/C10H14N4O3/c1-6(4-9(15)14-11)7-2-3-12-8(5-7)13-10(16)17/h2-3,5-6H,4,11H2,1H3,(H,12,13)(H,14,15)(H,16,17). The van der Waals surface area contributed by atoms with Crippen LogP contribution in [0, 0.1) is 0 Å². The molecular weight excluding hydrogens is 224 g/mol. The summed E-state index contributed by atoms with van der Waals surface area (Å²) in [5, 5.41) is 10.7. The SMILES string of the molecule is CC(CC(=O)NN)c1ccnc(NC(=O)O)c1. The quantitative estimate of drug-likeness (QED) is 0.349. The zero-order valence-electron chi connectivity index (χ0n) is 9.30. The summed E-state index contributed by atoms with van der Waals surface area (Å²) in [6.07, 6.45) is 0.534. The Hall–Kier alpha value is -2.15. The van der Waals surface area contributed by atoms with E-state index in [4.69, 9.17) is 10.9 Å². The number of anilines is 1. The van der Waals surface area contributed by atoms with E-state index in [1.165, 1.54) is 6.20 Å². The Kier molecular flexibility index (Phi) is 4.41. The molecule has 0 aliphatic rings. The van der Waals surface area contributed by atoms with Crippen LogP contribution in [-0.4, -0.2) is 22.1 Å². The molecular formula is C10H14N4O3. The fourth-order valence-electron chi connectivity index (χ4n) is 1.39. The van der Waals surface area contributed by atoms with Crippen molar-refractivity contribution in [3.8, 4) is 0 Å². The molecule has 1 aromatic heterocycles. The van der Waals surface area contributed by atoms with Crippen LogP contribution < -0.4 is 16.6 Å². The van der Waals surface area contributed by atoms with Gasteiger partial charge in [0.25, 0.3) is 0 Å². The molecule has 0 aliphatic carbocycles. The van der Waals surface area contributed by atoms with Gasteiger partial charge in [-0.2, -0.15) is 0 Å². The number of carbonyl (C=O) groups is 2. The number of hydrazine groups is 1. The maximum atomic E-state index is 11.1. The van der Waals surface area contributed by atoms with Gasteiger partial charge in [0.05, 0.1) is 0 Å². The molecule has 92 valence electrons. The zero-order chi connectivity index (χ0) is 12.8. The molecule has 0 spiro atoms. The van der Waals surface area contributed by atoms with Gasteiger partial charge in [-0.3, -0.25) is 15.5 Å². The number of carboxylic acid groups (broad SMARTS) is 1. The van der Waals surface area contributed by atoms with E-state index in [0.29, 0.717) is 0 Å². The van der Waals surface area contributed by atoms with Gasteiger partial charge in [-0.1, -0.05) is 6.92 Å². The van der Waals surface area contributed by atoms with E-state index in [1.807, 2.05) is 12.3 Å². The highest BCUT2D eigenvalue weighted by Crippen LogP contribution is 2.20. The Bertz CT molecular complexity index is 422. The minimum atomic E-state index is -1.18. The highest BCUT2D eigenvalue weighted by atomic mass is 16.4. The van der Waals surface area contributed by atoms with Crippen molar-refractivity contribution in [2.45, 2.75) is 19.3 Å². The number of nitrogens with zero attached hydrogens (tertiary/aromatic N) is 1. The summed E-state index contributed by atoms with van der Waals surface area (Å²) in [5.41, 5.74) is 2.86. The first kappa shape index (κ1) is 12.9. The van der Waals surface area contributed by atoms with Crippen molar-refractivity contribution in [1.82, 2.24) is 10.4 Å². The Morgan fingerprint density at radius 2 is 2.29 bits per heavy atom. The normalized spacial score (nSPS) is 11.6. The van der Waals surface area contributed by atoms with Gasteiger partial charge < -0.3 is 5.11 Å². The molecule has 0 saturated carbocycles. The van der Waals surface area contributed by atoms with Crippen LogP contribution in [0.4, 0.5) is 10.6 Å². The number of aromatic nitrogens is 1. The van der Waals surface area contributed by atoms with Crippen LogP contribution in [-0.2, 0) is 4.79 Å². The summed E-state index contributed by atoms with van der Waals surface area (Å²) < 4.78 is 0. The molecule has 2 amide bonds. The van der Waals surface area contributed by atoms with Gasteiger partial charge >= 0.3 is 6.09 Å². The third-order valence-electron chi connectivity index (χ3n) is 2.24. The number of nitrogens with two attached hydrogens (primary N) is 1. The third kappa shape index (κ3) is 4.07. The van der Waals surface area contributed by atoms with Gasteiger partial charge in [0.15, 0.2) is 0 Å². The summed E-state index contributed by atoms with van der Waals surface area (Å²) in [5.74, 6) is 4.87. The second-order valence-electron chi connectivity index (χ2n) is 3.58. The molecule has 7 heteroatoms. The predicted octanol–water partition coefficient (Wildman–Crippen LogP) is 0.655. The summed E-state index contributed by atoms with van der Waals surface area (Å²) in [4.78, 5) is 25.4. The number of amides is 2.